The maximum absolute atomic E-state index is 13.2. The zero-order valence-electron chi connectivity index (χ0n) is 10.6. The van der Waals surface area contributed by atoms with Crippen molar-refractivity contribution in [2.75, 3.05) is 7.05 Å². The third-order valence-electron chi connectivity index (χ3n) is 3.03. The van der Waals surface area contributed by atoms with Crippen LogP contribution in [0.5, 0.6) is 0 Å². The first kappa shape index (κ1) is 11.9. The predicted octanol–water partition coefficient (Wildman–Crippen LogP) is 3.09. The van der Waals surface area contributed by atoms with Crippen molar-refractivity contribution in [3.05, 3.63) is 53.8 Å². The average Bonchev–Trinajstić information content (AvgIpc) is 2.82. The first-order chi connectivity index (χ1) is 9.26. The number of aromatic nitrogens is 2. The Hall–Kier alpha value is -2.20. The lowest BCUT2D eigenvalue weighted by Gasteiger charge is -1.98. The summed E-state index contributed by atoms with van der Waals surface area (Å²) in [6.07, 6.45) is 0. The van der Waals surface area contributed by atoms with Crippen LogP contribution in [0.1, 0.15) is 5.56 Å². The zero-order valence-corrected chi connectivity index (χ0v) is 10.6. The van der Waals surface area contributed by atoms with Crippen LogP contribution in [-0.4, -0.2) is 17.0 Å². The third-order valence-corrected chi connectivity index (χ3v) is 3.03. The van der Waals surface area contributed by atoms with Crippen LogP contribution >= 0.6 is 0 Å². The van der Waals surface area contributed by atoms with E-state index in [4.69, 9.17) is 0 Å². The highest BCUT2D eigenvalue weighted by atomic mass is 19.1. The summed E-state index contributed by atoms with van der Waals surface area (Å²) < 4.78 is 13.2. The highest BCUT2D eigenvalue weighted by molar-refractivity contribution is 5.80. The fourth-order valence-electron chi connectivity index (χ4n) is 2.14. The smallest absolute Gasteiger partial charge is 0.138 e. The Bertz CT molecular complexity index is 718. The highest BCUT2D eigenvalue weighted by Crippen LogP contribution is 2.21. The van der Waals surface area contributed by atoms with E-state index in [9.17, 15) is 4.39 Å². The Labute approximate surface area is 110 Å². The topological polar surface area (TPSA) is 40.7 Å². The van der Waals surface area contributed by atoms with Crippen molar-refractivity contribution in [1.29, 1.82) is 0 Å². The number of fused-ring (bicyclic) bond motifs is 1. The van der Waals surface area contributed by atoms with Crippen molar-refractivity contribution in [2.24, 2.45) is 0 Å². The van der Waals surface area contributed by atoms with Crippen LogP contribution in [0.15, 0.2) is 42.5 Å². The molecule has 0 bridgehead atoms. The summed E-state index contributed by atoms with van der Waals surface area (Å²) in [5.74, 6) is 0.435. The lowest BCUT2D eigenvalue weighted by atomic mass is 10.2. The summed E-state index contributed by atoms with van der Waals surface area (Å²) >= 11 is 0. The van der Waals surface area contributed by atoms with Crippen molar-refractivity contribution in [3.63, 3.8) is 0 Å². The molecule has 0 saturated heterocycles. The fourth-order valence-corrected chi connectivity index (χ4v) is 2.14. The predicted molar refractivity (Wildman–Crippen MR) is 74.3 cm³/mol. The molecule has 0 fully saturated rings. The molecule has 4 heteroatoms. The number of imidazole rings is 1. The van der Waals surface area contributed by atoms with E-state index in [0.29, 0.717) is 5.82 Å². The molecule has 2 N–H and O–H groups in total. The van der Waals surface area contributed by atoms with Crippen LogP contribution < -0.4 is 5.32 Å². The number of H-pyrrole nitrogens is 1. The number of halogens is 1. The number of benzene rings is 2. The van der Waals surface area contributed by atoms with Crippen molar-refractivity contribution < 1.29 is 4.39 Å². The molecule has 3 rings (SSSR count). The fraction of sp³-hybridized carbons (Fsp3) is 0.133. The summed E-state index contributed by atoms with van der Waals surface area (Å²) in [5.41, 5.74) is 3.79. The molecule has 3 nitrogen and oxygen atoms in total. The summed E-state index contributed by atoms with van der Waals surface area (Å²) in [6, 6.07) is 12.5. The second-order valence-corrected chi connectivity index (χ2v) is 4.48. The van der Waals surface area contributed by atoms with Crippen molar-refractivity contribution >= 4 is 11.0 Å². The summed E-state index contributed by atoms with van der Waals surface area (Å²) in [4.78, 5) is 7.72. The Morgan fingerprint density at radius 2 is 2.11 bits per heavy atom. The van der Waals surface area contributed by atoms with Gasteiger partial charge in [0.15, 0.2) is 0 Å². The maximum Gasteiger partial charge on any atom is 0.138 e. The number of nitrogens with one attached hydrogen (secondary N) is 2. The minimum absolute atomic E-state index is 0.256. The first-order valence-electron chi connectivity index (χ1n) is 6.15. The van der Waals surface area contributed by atoms with Crippen molar-refractivity contribution in [1.82, 2.24) is 15.3 Å². The number of hydrogen-bond donors (Lipinski definition) is 2. The molecule has 0 aliphatic carbocycles. The van der Waals surface area contributed by atoms with Crippen LogP contribution in [0.25, 0.3) is 22.4 Å². The van der Waals surface area contributed by atoms with Crippen LogP contribution in [0.3, 0.4) is 0 Å². The van der Waals surface area contributed by atoms with Gasteiger partial charge < -0.3 is 10.3 Å². The SMILES string of the molecule is CNCc1ccc2nc(-c3cccc(F)c3)[nH]c2c1. The summed E-state index contributed by atoms with van der Waals surface area (Å²) in [7, 11) is 1.91. The number of nitrogens with zero attached hydrogens (tertiary/aromatic N) is 1. The van der Waals surface area contributed by atoms with Crippen molar-refractivity contribution in [3.8, 4) is 11.4 Å². The van der Waals surface area contributed by atoms with E-state index in [1.807, 2.05) is 25.2 Å². The van der Waals surface area contributed by atoms with Gasteiger partial charge in [0.25, 0.3) is 0 Å². The molecule has 1 heterocycles. The van der Waals surface area contributed by atoms with Gasteiger partial charge >= 0.3 is 0 Å². The normalized spacial score (nSPS) is 11.1. The quantitative estimate of drug-likeness (QED) is 0.755. The van der Waals surface area contributed by atoms with Gasteiger partial charge in [-0.15, -0.1) is 0 Å². The van der Waals surface area contributed by atoms with E-state index < -0.39 is 0 Å². The number of aromatic amines is 1. The average molecular weight is 255 g/mol. The van der Waals surface area contributed by atoms with Gasteiger partial charge in [-0.05, 0) is 36.9 Å². The van der Waals surface area contributed by atoms with Gasteiger partial charge in [-0.1, -0.05) is 18.2 Å². The van der Waals surface area contributed by atoms with E-state index in [1.165, 1.54) is 17.7 Å². The first-order valence-corrected chi connectivity index (χ1v) is 6.15. The molecule has 19 heavy (non-hydrogen) atoms. The van der Waals surface area contributed by atoms with Gasteiger partial charge in [-0.2, -0.15) is 0 Å². The summed E-state index contributed by atoms with van der Waals surface area (Å²) in [5, 5.41) is 3.11. The molecule has 0 unspecified atom stereocenters. The molecule has 0 atom stereocenters. The lowest BCUT2D eigenvalue weighted by Crippen LogP contribution is -2.04. The van der Waals surface area contributed by atoms with Gasteiger partial charge in [0.05, 0.1) is 11.0 Å². The highest BCUT2D eigenvalue weighted by Gasteiger charge is 2.06. The van der Waals surface area contributed by atoms with Crippen LogP contribution in [0.4, 0.5) is 4.39 Å². The minimum atomic E-state index is -0.256. The van der Waals surface area contributed by atoms with Crippen LogP contribution in [-0.2, 0) is 6.54 Å². The van der Waals surface area contributed by atoms with Crippen LogP contribution in [0, 0.1) is 5.82 Å². The molecule has 2 aromatic carbocycles. The molecule has 0 amide bonds. The second kappa shape index (κ2) is 4.82. The monoisotopic (exact) mass is 255 g/mol. The van der Waals surface area contributed by atoms with Gasteiger partial charge in [0, 0.05) is 12.1 Å². The van der Waals surface area contributed by atoms with Gasteiger partial charge in [0.1, 0.15) is 11.6 Å². The van der Waals surface area contributed by atoms with E-state index in [2.05, 4.69) is 21.4 Å². The van der Waals surface area contributed by atoms with Crippen molar-refractivity contribution in [2.45, 2.75) is 6.54 Å². The van der Waals surface area contributed by atoms with Gasteiger partial charge in [-0.25, -0.2) is 9.37 Å². The van der Waals surface area contributed by atoms with E-state index in [0.717, 1.165) is 23.1 Å². The zero-order chi connectivity index (χ0) is 13.2. The number of rotatable bonds is 3. The Morgan fingerprint density at radius 1 is 1.21 bits per heavy atom. The molecule has 0 radical (unpaired) electrons. The molecule has 0 spiro atoms. The molecule has 0 aliphatic heterocycles. The molecule has 0 saturated carbocycles. The Balaban J connectivity index is 2.06. The maximum atomic E-state index is 13.2. The molecule has 0 aliphatic rings. The Kier molecular flexibility index (Phi) is 3.01. The van der Waals surface area contributed by atoms with E-state index in [-0.39, 0.29) is 5.82 Å². The molecular formula is C15H14FN3. The lowest BCUT2D eigenvalue weighted by molar-refractivity contribution is 0.628. The molecule has 96 valence electrons. The largest absolute Gasteiger partial charge is 0.338 e. The number of hydrogen-bond acceptors (Lipinski definition) is 2. The van der Waals surface area contributed by atoms with E-state index >= 15 is 0 Å². The Morgan fingerprint density at radius 3 is 2.89 bits per heavy atom. The molecule has 1 aromatic heterocycles. The van der Waals surface area contributed by atoms with Crippen LogP contribution in [0.2, 0.25) is 0 Å². The minimum Gasteiger partial charge on any atom is -0.338 e. The van der Waals surface area contributed by atoms with E-state index in [1.54, 1.807) is 6.07 Å². The van der Waals surface area contributed by atoms with Gasteiger partial charge in [0.2, 0.25) is 0 Å². The van der Waals surface area contributed by atoms with Gasteiger partial charge in [-0.3, -0.25) is 0 Å². The second-order valence-electron chi connectivity index (χ2n) is 4.48. The standard InChI is InChI=1S/C15H14FN3/c1-17-9-10-5-6-13-14(7-10)19-15(18-13)11-3-2-4-12(16)8-11/h2-8,17H,9H2,1H3,(H,18,19). The molecular weight excluding hydrogens is 241 g/mol. The summed E-state index contributed by atoms with van der Waals surface area (Å²) in [6.45, 7) is 0.810. The third kappa shape index (κ3) is 2.35. The molecule has 3 aromatic rings.